The third kappa shape index (κ3) is 3.85. The van der Waals surface area contributed by atoms with Crippen LogP contribution in [0.25, 0.3) is 0 Å². The number of piperidine rings is 1. The number of aromatic nitrogens is 2. The van der Waals surface area contributed by atoms with Crippen LogP contribution in [-0.4, -0.2) is 54.2 Å². The first-order valence-corrected chi connectivity index (χ1v) is 9.56. The molecule has 2 fully saturated rings. The van der Waals surface area contributed by atoms with Gasteiger partial charge in [0.15, 0.2) is 12.1 Å². The maximum absolute atomic E-state index is 14.7. The summed E-state index contributed by atoms with van der Waals surface area (Å²) in [5, 5.41) is 2.13. The Balaban J connectivity index is 1.47. The minimum Gasteiger partial charge on any atom is -0.368 e. The standard InChI is InChI=1S/C20H19F2N5O3/c21-15-7-12(8-16(22)19(15)14-1-2-18(29)25-20(14)30)26-3-5-27(6-4-26)13-9-23-17(11-28)24-10-13/h7-11,14H,1-6H2,(H,25,29,30). The monoisotopic (exact) mass is 415 g/mol. The van der Waals surface area contributed by atoms with Crippen molar-refractivity contribution in [2.45, 2.75) is 18.8 Å². The number of hydrogen-bond donors (Lipinski definition) is 1. The smallest absolute Gasteiger partial charge is 0.234 e. The van der Waals surface area contributed by atoms with Crippen molar-refractivity contribution in [2.75, 3.05) is 36.0 Å². The highest BCUT2D eigenvalue weighted by Gasteiger charge is 2.33. The summed E-state index contributed by atoms with van der Waals surface area (Å²) in [5.74, 6) is -3.59. The van der Waals surface area contributed by atoms with Crippen LogP contribution in [0.15, 0.2) is 24.5 Å². The SMILES string of the molecule is O=Cc1ncc(N2CCN(c3cc(F)c(C4CCC(=O)NC4=O)c(F)c3)CC2)cn1. The number of halogens is 2. The van der Waals surface area contributed by atoms with E-state index in [1.54, 1.807) is 12.4 Å². The topological polar surface area (TPSA) is 95.5 Å². The maximum atomic E-state index is 14.7. The minimum atomic E-state index is -1.01. The lowest BCUT2D eigenvalue weighted by atomic mass is 9.89. The van der Waals surface area contributed by atoms with Gasteiger partial charge in [0.2, 0.25) is 11.8 Å². The van der Waals surface area contributed by atoms with Crippen LogP contribution in [0.4, 0.5) is 20.2 Å². The van der Waals surface area contributed by atoms with Crippen LogP contribution in [0.3, 0.4) is 0 Å². The highest BCUT2D eigenvalue weighted by atomic mass is 19.1. The number of anilines is 2. The number of aldehydes is 1. The van der Waals surface area contributed by atoms with Crippen molar-refractivity contribution in [3.63, 3.8) is 0 Å². The molecule has 4 rings (SSSR count). The number of carbonyl (C=O) groups is 3. The summed E-state index contributed by atoms with van der Waals surface area (Å²) in [6.07, 6.45) is 3.85. The Morgan fingerprint density at radius 3 is 2.07 bits per heavy atom. The Morgan fingerprint density at radius 2 is 1.53 bits per heavy atom. The van der Waals surface area contributed by atoms with Crippen LogP contribution in [0.5, 0.6) is 0 Å². The van der Waals surface area contributed by atoms with E-state index < -0.39 is 29.4 Å². The molecule has 1 aromatic carbocycles. The number of amides is 2. The number of benzene rings is 1. The minimum absolute atomic E-state index is 0.0521. The number of nitrogens with one attached hydrogen (secondary N) is 1. The van der Waals surface area contributed by atoms with Crippen LogP contribution >= 0.6 is 0 Å². The van der Waals surface area contributed by atoms with Gasteiger partial charge in [-0.05, 0) is 18.6 Å². The fourth-order valence-electron chi connectivity index (χ4n) is 3.83. The second-order valence-electron chi connectivity index (χ2n) is 7.22. The molecule has 1 N–H and O–H groups in total. The van der Waals surface area contributed by atoms with Crippen LogP contribution in [0, 0.1) is 11.6 Å². The number of carbonyl (C=O) groups excluding carboxylic acids is 3. The summed E-state index contributed by atoms with van der Waals surface area (Å²) in [4.78, 5) is 45.7. The van der Waals surface area contributed by atoms with Gasteiger partial charge in [-0.2, -0.15) is 0 Å². The molecule has 10 heteroatoms. The molecule has 2 aromatic rings. The molecule has 30 heavy (non-hydrogen) atoms. The molecule has 0 spiro atoms. The Labute approximate surface area is 170 Å². The molecule has 1 aromatic heterocycles. The summed E-state index contributed by atoms with van der Waals surface area (Å²) >= 11 is 0. The van der Waals surface area contributed by atoms with E-state index in [9.17, 15) is 23.2 Å². The van der Waals surface area contributed by atoms with Crippen molar-refractivity contribution in [2.24, 2.45) is 0 Å². The zero-order valence-corrected chi connectivity index (χ0v) is 16.0. The number of piperazine rings is 1. The van der Waals surface area contributed by atoms with Crippen LogP contribution in [-0.2, 0) is 9.59 Å². The summed E-state index contributed by atoms with van der Waals surface area (Å²) in [6.45, 7) is 2.21. The van der Waals surface area contributed by atoms with E-state index in [0.29, 0.717) is 38.2 Å². The van der Waals surface area contributed by atoms with Crippen LogP contribution in [0.1, 0.15) is 34.9 Å². The van der Waals surface area contributed by atoms with Crippen LogP contribution in [0.2, 0.25) is 0 Å². The summed E-state index contributed by atoms with van der Waals surface area (Å²) in [6, 6.07) is 2.47. The normalized spacial score (nSPS) is 19.6. The third-order valence-electron chi connectivity index (χ3n) is 5.43. The quantitative estimate of drug-likeness (QED) is 0.596. The number of rotatable bonds is 4. The number of nitrogens with zero attached hydrogens (tertiary/aromatic N) is 4. The van der Waals surface area contributed by atoms with Crippen LogP contribution < -0.4 is 15.1 Å². The lowest BCUT2D eigenvalue weighted by Crippen LogP contribution is -2.46. The zero-order valence-electron chi connectivity index (χ0n) is 16.0. The second kappa shape index (κ2) is 8.13. The molecule has 8 nitrogen and oxygen atoms in total. The van der Waals surface area contributed by atoms with Gasteiger partial charge in [0.05, 0.1) is 24.0 Å². The fourth-order valence-corrected chi connectivity index (χ4v) is 3.83. The molecule has 2 aliphatic rings. The van der Waals surface area contributed by atoms with Gasteiger partial charge >= 0.3 is 0 Å². The molecular weight excluding hydrogens is 396 g/mol. The first-order chi connectivity index (χ1) is 14.5. The van der Waals surface area contributed by atoms with E-state index in [4.69, 9.17) is 0 Å². The Hall–Kier alpha value is -3.43. The first kappa shape index (κ1) is 19.9. The second-order valence-corrected chi connectivity index (χ2v) is 7.22. The molecule has 0 aliphatic carbocycles. The van der Waals surface area contributed by atoms with Gasteiger partial charge < -0.3 is 9.80 Å². The molecule has 0 bridgehead atoms. The summed E-state index contributed by atoms with van der Waals surface area (Å²) < 4.78 is 29.5. The van der Waals surface area contributed by atoms with Crippen molar-refractivity contribution in [3.8, 4) is 0 Å². The molecule has 0 radical (unpaired) electrons. The molecule has 156 valence electrons. The van der Waals surface area contributed by atoms with Crippen molar-refractivity contribution >= 4 is 29.5 Å². The zero-order chi connectivity index (χ0) is 21.3. The van der Waals surface area contributed by atoms with Gasteiger partial charge in [-0.25, -0.2) is 18.7 Å². The lowest BCUT2D eigenvalue weighted by molar-refractivity contribution is -0.134. The van der Waals surface area contributed by atoms with Crippen molar-refractivity contribution in [1.82, 2.24) is 15.3 Å². The molecule has 1 atom stereocenters. The predicted octanol–water partition coefficient (Wildman–Crippen LogP) is 1.41. The average Bonchev–Trinajstić information content (AvgIpc) is 2.75. The van der Waals surface area contributed by atoms with Crippen molar-refractivity contribution in [1.29, 1.82) is 0 Å². The average molecular weight is 415 g/mol. The molecule has 2 saturated heterocycles. The molecular formula is C20H19F2N5O3. The van der Waals surface area contributed by atoms with Gasteiger partial charge in [-0.1, -0.05) is 0 Å². The first-order valence-electron chi connectivity index (χ1n) is 9.56. The van der Waals surface area contributed by atoms with E-state index in [1.165, 1.54) is 12.1 Å². The van der Waals surface area contributed by atoms with Gasteiger partial charge in [-0.15, -0.1) is 0 Å². The largest absolute Gasteiger partial charge is 0.368 e. The number of imide groups is 1. The highest BCUT2D eigenvalue weighted by Crippen LogP contribution is 2.32. The number of hydrogen-bond acceptors (Lipinski definition) is 7. The highest BCUT2D eigenvalue weighted by molar-refractivity contribution is 6.01. The molecule has 1 unspecified atom stereocenters. The summed E-state index contributed by atoms with van der Waals surface area (Å²) in [5.41, 5.74) is 0.869. The van der Waals surface area contributed by atoms with E-state index >= 15 is 0 Å². The fraction of sp³-hybridized carbons (Fsp3) is 0.350. The Kier molecular flexibility index (Phi) is 5.39. The Morgan fingerprint density at radius 1 is 0.967 bits per heavy atom. The van der Waals surface area contributed by atoms with E-state index in [-0.39, 0.29) is 24.2 Å². The Bertz CT molecular complexity index is 967. The summed E-state index contributed by atoms with van der Waals surface area (Å²) in [7, 11) is 0. The molecule has 2 amide bonds. The van der Waals surface area contributed by atoms with Gasteiger partial charge in [0, 0.05) is 43.9 Å². The van der Waals surface area contributed by atoms with E-state index in [2.05, 4.69) is 15.3 Å². The van der Waals surface area contributed by atoms with E-state index in [0.717, 1.165) is 5.69 Å². The third-order valence-corrected chi connectivity index (χ3v) is 5.43. The molecule has 0 saturated carbocycles. The maximum Gasteiger partial charge on any atom is 0.234 e. The van der Waals surface area contributed by atoms with Gasteiger partial charge in [-0.3, -0.25) is 19.7 Å². The molecule has 2 aliphatic heterocycles. The van der Waals surface area contributed by atoms with Gasteiger partial charge in [0.25, 0.3) is 0 Å². The van der Waals surface area contributed by atoms with E-state index in [1.807, 2.05) is 9.80 Å². The predicted molar refractivity (Wildman–Crippen MR) is 103 cm³/mol. The molecule has 3 heterocycles. The van der Waals surface area contributed by atoms with Crippen molar-refractivity contribution in [3.05, 3.63) is 47.5 Å². The van der Waals surface area contributed by atoms with Gasteiger partial charge in [0.1, 0.15) is 11.6 Å². The van der Waals surface area contributed by atoms with Crippen molar-refractivity contribution < 1.29 is 23.2 Å². The lowest BCUT2D eigenvalue weighted by Gasteiger charge is -2.37.